The maximum Gasteiger partial charge on any atom is 0.162 e. The van der Waals surface area contributed by atoms with Gasteiger partial charge in [-0.2, -0.15) is 0 Å². The molecule has 0 saturated carbocycles. The third-order valence-electron chi connectivity index (χ3n) is 3.28. The summed E-state index contributed by atoms with van der Waals surface area (Å²) in [6, 6.07) is 8.52. The molecule has 1 aromatic heterocycles. The van der Waals surface area contributed by atoms with Gasteiger partial charge in [0.25, 0.3) is 0 Å². The molecule has 90 valence electrons. The van der Waals surface area contributed by atoms with Gasteiger partial charge in [-0.1, -0.05) is 12.1 Å². The van der Waals surface area contributed by atoms with Crippen LogP contribution in [-0.4, -0.2) is 17.8 Å². The monoisotopic (exact) mass is 238 g/mol. The zero-order valence-corrected chi connectivity index (χ0v) is 10.5. The third kappa shape index (κ3) is 1.76. The van der Waals surface area contributed by atoms with Crippen LogP contribution in [0.15, 0.2) is 30.3 Å². The standard InChI is InChI=1S/C16H16NO/c1-2-18-12-11-17-15-9-5-3-7-13(15)14-8-4-6-10-16(14)17/h3-5,7-10H,2,11-12H2,1H3/q+1. The molecular formula is C16H16NO+. The van der Waals surface area contributed by atoms with Gasteiger partial charge in [-0.25, -0.2) is 0 Å². The summed E-state index contributed by atoms with van der Waals surface area (Å²) in [6.07, 6.45) is 9.33. The molecule has 1 aromatic carbocycles. The number of benzene rings is 1. The van der Waals surface area contributed by atoms with Gasteiger partial charge in [0.1, 0.15) is 17.7 Å². The van der Waals surface area contributed by atoms with Crippen molar-refractivity contribution in [2.24, 2.45) is 0 Å². The van der Waals surface area contributed by atoms with Crippen LogP contribution in [0.1, 0.15) is 18.2 Å². The highest BCUT2D eigenvalue weighted by molar-refractivity contribution is 5.95. The molecule has 0 N–H and O–H groups in total. The Bertz CT molecular complexity index is 619. The molecule has 2 heteroatoms. The van der Waals surface area contributed by atoms with Gasteiger partial charge >= 0.3 is 0 Å². The molecule has 2 aromatic rings. The first-order valence-electron chi connectivity index (χ1n) is 6.36. The van der Waals surface area contributed by atoms with E-state index in [2.05, 4.69) is 47.1 Å². The second-order valence-corrected chi connectivity index (χ2v) is 4.31. The number of hydrogen-bond donors (Lipinski definition) is 0. The van der Waals surface area contributed by atoms with Gasteiger partial charge < -0.3 is 4.74 Å². The largest absolute Gasteiger partial charge is 0.380 e. The molecule has 0 bridgehead atoms. The fraction of sp³-hybridized carbons (Fsp3) is 0.250. The van der Waals surface area contributed by atoms with Crippen LogP contribution in [0.25, 0.3) is 23.1 Å². The molecule has 1 aliphatic carbocycles. The molecule has 0 fully saturated rings. The van der Waals surface area contributed by atoms with Crippen LogP contribution in [0.2, 0.25) is 0 Å². The lowest BCUT2D eigenvalue weighted by molar-refractivity contribution is 0.140. The number of rotatable bonds is 4. The van der Waals surface area contributed by atoms with Crippen LogP contribution in [0.5, 0.6) is 0 Å². The van der Waals surface area contributed by atoms with Crippen molar-refractivity contribution in [1.29, 1.82) is 0 Å². The molecule has 0 atom stereocenters. The van der Waals surface area contributed by atoms with Gasteiger partial charge in [0.2, 0.25) is 0 Å². The van der Waals surface area contributed by atoms with Gasteiger partial charge in [-0.05, 0) is 19.1 Å². The van der Waals surface area contributed by atoms with E-state index in [1.165, 1.54) is 22.2 Å². The predicted molar refractivity (Wildman–Crippen MR) is 75.2 cm³/mol. The van der Waals surface area contributed by atoms with E-state index in [1.807, 2.05) is 13.0 Å². The first-order chi connectivity index (χ1) is 8.92. The molecule has 0 saturated heterocycles. The van der Waals surface area contributed by atoms with E-state index >= 15 is 0 Å². The summed E-state index contributed by atoms with van der Waals surface area (Å²) in [5, 5.41) is 1.30. The topological polar surface area (TPSA) is 14.2 Å². The Labute approximate surface area is 107 Å². The summed E-state index contributed by atoms with van der Waals surface area (Å²) in [5.41, 5.74) is 3.80. The van der Waals surface area contributed by atoms with Crippen molar-refractivity contribution in [3.05, 3.63) is 47.7 Å². The van der Waals surface area contributed by atoms with Crippen molar-refractivity contribution in [3.8, 4) is 0 Å². The Kier molecular flexibility index (Phi) is 2.97. The van der Waals surface area contributed by atoms with E-state index in [9.17, 15) is 0 Å². The molecule has 0 spiro atoms. The second kappa shape index (κ2) is 4.77. The fourth-order valence-corrected chi connectivity index (χ4v) is 2.48. The third-order valence-corrected chi connectivity index (χ3v) is 3.28. The smallest absolute Gasteiger partial charge is 0.162 e. The van der Waals surface area contributed by atoms with E-state index in [-0.39, 0.29) is 0 Å². The van der Waals surface area contributed by atoms with Crippen LogP contribution in [0.4, 0.5) is 0 Å². The number of nitrogens with zero attached hydrogens (tertiary/aromatic N) is 1. The average molecular weight is 238 g/mol. The van der Waals surface area contributed by atoms with Crippen LogP contribution in [0, 0.1) is 6.08 Å². The summed E-state index contributed by atoms with van der Waals surface area (Å²) >= 11 is 0. The summed E-state index contributed by atoms with van der Waals surface area (Å²) in [4.78, 5) is 0. The zero-order valence-electron chi connectivity index (χ0n) is 10.5. The summed E-state index contributed by atoms with van der Waals surface area (Å²) < 4.78 is 7.79. The molecular weight excluding hydrogens is 222 g/mol. The van der Waals surface area contributed by atoms with E-state index in [0.29, 0.717) is 0 Å². The summed E-state index contributed by atoms with van der Waals surface area (Å²) in [7, 11) is 0. The predicted octanol–water partition coefficient (Wildman–Crippen LogP) is 3.52. The first kappa shape index (κ1) is 11.2. The van der Waals surface area contributed by atoms with E-state index in [0.717, 1.165) is 19.8 Å². The highest BCUT2D eigenvalue weighted by atomic mass is 16.5. The lowest BCUT2D eigenvalue weighted by atomic mass is 10.1. The van der Waals surface area contributed by atoms with Gasteiger partial charge in [0.05, 0.1) is 24.7 Å². The molecule has 0 aliphatic heterocycles. The van der Waals surface area contributed by atoms with Crippen molar-refractivity contribution >= 4 is 23.1 Å². The van der Waals surface area contributed by atoms with Crippen molar-refractivity contribution in [2.75, 3.05) is 13.2 Å². The first-order valence-corrected chi connectivity index (χ1v) is 6.36. The second-order valence-electron chi connectivity index (χ2n) is 4.31. The molecule has 1 heterocycles. The van der Waals surface area contributed by atoms with Crippen LogP contribution in [-0.2, 0) is 11.3 Å². The normalized spacial score (nSPS) is 12.7. The van der Waals surface area contributed by atoms with Crippen LogP contribution in [0.3, 0.4) is 0 Å². The minimum atomic E-state index is 0.749. The lowest BCUT2D eigenvalue weighted by Gasteiger charge is -2.05. The number of para-hydroxylation sites is 1. The van der Waals surface area contributed by atoms with Gasteiger partial charge in [0.15, 0.2) is 5.69 Å². The van der Waals surface area contributed by atoms with E-state index in [1.54, 1.807) is 0 Å². The Hall–Kier alpha value is -1.89. The molecule has 18 heavy (non-hydrogen) atoms. The van der Waals surface area contributed by atoms with Crippen LogP contribution >= 0.6 is 0 Å². The van der Waals surface area contributed by atoms with Crippen molar-refractivity contribution in [1.82, 2.24) is 4.57 Å². The van der Waals surface area contributed by atoms with Gasteiger partial charge in [0, 0.05) is 18.1 Å². The Morgan fingerprint density at radius 3 is 3.06 bits per heavy atom. The molecule has 0 amide bonds. The number of aromatic nitrogens is 1. The molecule has 0 unspecified atom stereocenters. The minimum Gasteiger partial charge on any atom is -0.380 e. The number of ether oxygens (including phenoxy) is 1. The maximum atomic E-state index is 5.47. The Balaban J connectivity index is 2.11. The van der Waals surface area contributed by atoms with Crippen molar-refractivity contribution in [3.63, 3.8) is 0 Å². The molecule has 3 rings (SSSR count). The number of fused-ring (bicyclic) bond motifs is 3. The van der Waals surface area contributed by atoms with Gasteiger partial charge in [-0.15, -0.1) is 0 Å². The van der Waals surface area contributed by atoms with Gasteiger partial charge in [-0.3, -0.25) is 4.57 Å². The van der Waals surface area contributed by atoms with E-state index in [4.69, 9.17) is 4.74 Å². The minimum absolute atomic E-state index is 0.749. The maximum absolute atomic E-state index is 5.47. The van der Waals surface area contributed by atoms with E-state index < -0.39 is 0 Å². The van der Waals surface area contributed by atoms with Crippen molar-refractivity contribution < 1.29 is 4.74 Å². The highest BCUT2D eigenvalue weighted by Crippen LogP contribution is 2.30. The quantitative estimate of drug-likeness (QED) is 0.587. The van der Waals surface area contributed by atoms with Crippen LogP contribution < -0.4 is 0 Å². The zero-order chi connectivity index (χ0) is 12.4. The lowest BCUT2D eigenvalue weighted by Crippen LogP contribution is -2.07. The summed E-state index contributed by atoms with van der Waals surface area (Å²) in [5.74, 6) is 0. The number of allylic oxidation sites excluding steroid dienone is 2. The molecule has 2 nitrogen and oxygen atoms in total. The fourth-order valence-electron chi connectivity index (χ4n) is 2.48. The molecule has 1 aliphatic rings. The molecule has 0 radical (unpaired) electrons. The Morgan fingerprint density at radius 1 is 1.28 bits per heavy atom. The Morgan fingerprint density at radius 2 is 2.17 bits per heavy atom. The summed E-state index contributed by atoms with van der Waals surface area (Å²) in [6.45, 7) is 4.43. The SMILES string of the molecule is CCOCCn1c2c(c3ccccc31)C=C[C+]=C2. The average Bonchev–Trinajstić information content (AvgIpc) is 2.74. The highest BCUT2D eigenvalue weighted by Gasteiger charge is 2.21. The van der Waals surface area contributed by atoms with Crippen molar-refractivity contribution in [2.45, 2.75) is 13.5 Å². The number of hydrogen-bond acceptors (Lipinski definition) is 1.